The summed E-state index contributed by atoms with van der Waals surface area (Å²) >= 11 is 0. The molecule has 17 heavy (non-hydrogen) atoms. The molecule has 0 fully saturated rings. The van der Waals surface area contributed by atoms with Crippen molar-refractivity contribution < 1.29 is 4.79 Å². The van der Waals surface area contributed by atoms with Gasteiger partial charge in [0, 0.05) is 11.1 Å². The first-order chi connectivity index (χ1) is 7.88. The van der Waals surface area contributed by atoms with E-state index in [-0.39, 0.29) is 5.91 Å². The molecule has 0 aliphatic heterocycles. The number of carbonyl (C=O) groups excluding carboxylic acids is 1. The number of amides is 1. The van der Waals surface area contributed by atoms with Gasteiger partial charge >= 0.3 is 0 Å². The number of hydrogen-bond donors (Lipinski definition) is 2. The van der Waals surface area contributed by atoms with Crippen molar-refractivity contribution in [3.63, 3.8) is 0 Å². The van der Waals surface area contributed by atoms with Crippen LogP contribution >= 0.6 is 0 Å². The Morgan fingerprint density at radius 1 is 1.29 bits per heavy atom. The summed E-state index contributed by atoms with van der Waals surface area (Å²) in [5.74, 6) is 0.0281. The third-order valence-corrected chi connectivity index (χ3v) is 3.10. The van der Waals surface area contributed by atoms with Gasteiger partial charge in [-0.1, -0.05) is 32.0 Å². The maximum absolute atomic E-state index is 12.2. The fraction of sp³-hybridized carbons (Fsp3) is 0.500. The summed E-state index contributed by atoms with van der Waals surface area (Å²) < 4.78 is 0. The molecule has 3 N–H and O–H groups in total. The third kappa shape index (κ3) is 3.30. The Balaban J connectivity index is 2.88. The van der Waals surface area contributed by atoms with Gasteiger partial charge in [0.05, 0.1) is 0 Å². The average molecular weight is 234 g/mol. The highest BCUT2D eigenvalue weighted by atomic mass is 16.2. The summed E-state index contributed by atoms with van der Waals surface area (Å²) in [5, 5.41) is 3.01. The summed E-state index contributed by atoms with van der Waals surface area (Å²) in [6, 6.07) is 5.99. The normalized spacial score (nSPS) is 11.4. The van der Waals surface area contributed by atoms with Gasteiger partial charge in [-0.3, -0.25) is 4.79 Å². The number of carbonyl (C=O) groups is 1. The molecule has 0 aliphatic rings. The zero-order chi connectivity index (χ0) is 13.1. The Labute approximate surface area is 103 Å². The number of rotatable bonds is 4. The first-order valence-corrected chi connectivity index (χ1v) is 5.96. The highest BCUT2D eigenvalue weighted by Crippen LogP contribution is 2.25. The van der Waals surface area contributed by atoms with Gasteiger partial charge in [-0.15, -0.1) is 0 Å². The molecule has 1 amide bonds. The van der Waals surface area contributed by atoms with E-state index in [1.807, 2.05) is 45.9 Å². The molecule has 94 valence electrons. The van der Waals surface area contributed by atoms with Crippen LogP contribution in [-0.4, -0.2) is 12.5 Å². The van der Waals surface area contributed by atoms with Crippen LogP contribution in [0.3, 0.4) is 0 Å². The summed E-state index contributed by atoms with van der Waals surface area (Å²) in [7, 11) is 0. The van der Waals surface area contributed by atoms with Gasteiger partial charge < -0.3 is 11.1 Å². The van der Waals surface area contributed by atoms with E-state index in [4.69, 9.17) is 5.73 Å². The quantitative estimate of drug-likeness (QED) is 0.841. The molecule has 0 spiro atoms. The van der Waals surface area contributed by atoms with E-state index in [1.54, 1.807) is 0 Å². The Morgan fingerprint density at radius 2 is 1.82 bits per heavy atom. The SMILES string of the molecule is Cc1cccc(C)c1NC(=O)C(C)(C)CCN. The van der Waals surface area contributed by atoms with Crippen molar-refractivity contribution in [3.05, 3.63) is 29.3 Å². The number of hydrogen-bond acceptors (Lipinski definition) is 2. The maximum Gasteiger partial charge on any atom is 0.230 e. The van der Waals surface area contributed by atoms with Crippen LogP contribution in [0.1, 0.15) is 31.4 Å². The van der Waals surface area contributed by atoms with E-state index in [0.717, 1.165) is 16.8 Å². The molecular weight excluding hydrogens is 212 g/mol. The lowest BCUT2D eigenvalue weighted by molar-refractivity contribution is -0.124. The van der Waals surface area contributed by atoms with Gasteiger partial charge in [0.2, 0.25) is 5.91 Å². The fourth-order valence-corrected chi connectivity index (χ4v) is 1.77. The van der Waals surface area contributed by atoms with Crippen molar-refractivity contribution >= 4 is 11.6 Å². The zero-order valence-corrected chi connectivity index (χ0v) is 11.1. The molecule has 0 heterocycles. The molecule has 1 aromatic carbocycles. The molecule has 1 aromatic rings. The van der Waals surface area contributed by atoms with Gasteiger partial charge in [-0.05, 0) is 37.9 Å². The molecule has 0 saturated heterocycles. The molecule has 0 atom stereocenters. The van der Waals surface area contributed by atoms with Gasteiger partial charge in [0.15, 0.2) is 0 Å². The minimum absolute atomic E-state index is 0.0281. The fourth-order valence-electron chi connectivity index (χ4n) is 1.77. The van der Waals surface area contributed by atoms with E-state index in [9.17, 15) is 4.79 Å². The van der Waals surface area contributed by atoms with E-state index in [0.29, 0.717) is 13.0 Å². The molecule has 1 rings (SSSR count). The molecule has 3 heteroatoms. The van der Waals surface area contributed by atoms with Crippen molar-refractivity contribution in [1.29, 1.82) is 0 Å². The second-order valence-corrected chi connectivity index (χ2v) is 5.14. The first-order valence-electron chi connectivity index (χ1n) is 5.96. The van der Waals surface area contributed by atoms with Crippen LogP contribution in [0.15, 0.2) is 18.2 Å². The molecule has 0 aliphatic carbocycles. The van der Waals surface area contributed by atoms with Crippen LogP contribution in [0.25, 0.3) is 0 Å². The first kappa shape index (κ1) is 13.7. The van der Waals surface area contributed by atoms with Gasteiger partial charge in [-0.25, -0.2) is 0 Å². The molecule has 0 saturated carbocycles. The van der Waals surface area contributed by atoms with Crippen molar-refractivity contribution in [2.75, 3.05) is 11.9 Å². The molecular formula is C14H22N2O. The number of nitrogens with one attached hydrogen (secondary N) is 1. The van der Waals surface area contributed by atoms with Crippen LogP contribution < -0.4 is 11.1 Å². The van der Waals surface area contributed by atoms with Crippen LogP contribution in [0.4, 0.5) is 5.69 Å². The minimum atomic E-state index is -0.427. The highest BCUT2D eigenvalue weighted by Gasteiger charge is 2.27. The standard InChI is InChI=1S/C14H22N2O/c1-10-6-5-7-11(2)12(10)16-13(17)14(3,4)8-9-15/h5-7H,8-9,15H2,1-4H3,(H,16,17). The van der Waals surface area contributed by atoms with Crippen molar-refractivity contribution in [3.8, 4) is 0 Å². The van der Waals surface area contributed by atoms with Crippen molar-refractivity contribution in [2.24, 2.45) is 11.1 Å². The van der Waals surface area contributed by atoms with Crippen LogP contribution in [0.2, 0.25) is 0 Å². The van der Waals surface area contributed by atoms with Gasteiger partial charge in [0.1, 0.15) is 0 Å². The van der Waals surface area contributed by atoms with Crippen LogP contribution in [0.5, 0.6) is 0 Å². The minimum Gasteiger partial charge on any atom is -0.330 e. The van der Waals surface area contributed by atoms with Gasteiger partial charge in [-0.2, -0.15) is 0 Å². The summed E-state index contributed by atoms with van der Waals surface area (Å²) in [6.45, 7) is 8.36. The van der Waals surface area contributed by atoms with Crippen LogP contribution in [-0.2, 0) is 4.79 Å². The van der Waals surface area contributed by atoms with Gasteiger partial charge in [0.25, 0.3) is 0 Å². The van der Waals surface area contributed by atoms with E-state index in [2.05, 4.69) is 5.32 Å². The average Bonchev–Trinajstić information content (AvgIpc) is 2.23. The van der Waals surface area contributed by atoms with Crippen molar-refractivity contribution in [2.45, 2.75) is 34.1 Å². The smallest absolute Gasteiger partial charge is 0.230 e. The number of para-hydroxylation sites is 1. The predicted molar refractivity (Wildman–Crippen MR) is 72.0 cm³/mol. The molecule has 0 aromatic heterocycles. The lowest BCUT2D eigenvalue weighted by Gasteiger charge is -2.24. The Bertz CT molecular complexity index is 390. The highest BCUT2D eigenvalue weighted by molar-refractivity contribution is 5.96. The molecule has 0 unspecified atom stereocenters. The van der Waals surface area contributed by atoms with E-state index in [1.165, 1.54) is 0 Å². The third-order valence-electron chi connectivity index (χ3n) is 3.10. The second-order valence-electron chi connectivity index (χ2n) is 5.14. The Hall–Kier alpha value is -1.35. The lowest BCUT2D eigenvalue weighted by atomic mass is 9.88. The van der Waals surface area contributed by atoms with E-state index >= 15 is 0 Å². The molecule has 0 bridgehead atoms. The molecule has 3 nitrogen and oxygen atoms in total. The van der Waals surface area contributed by atoms with Crippen molar-refractivity contribution in [1.82, 2.24) is 0 Å². The summed E-state index contributed by atoms with van der Waals surface area (Å²) in [4.78, 5) is 12.2. The zero-order valence-electron chi connectivity index (χ0n) is 11.1. The number of anilines is 1. The molecule has 0 radical (unpaired) electrons. The second kappa shape index (κ2) is 5.32. The summed E-state index contributed by atoms with van der Waals surface area (Å²) in [5.41, 5.74) is 8.19. The number of aryl methyl sites for hydroxylation is 2. The maximum atomic E-state index is 12.2. The van der Waals surface area contributed by atoms with E-state index < -0.39 is 5.41 Å². The topological polar surface area (TPSA) is 55.1 Å². The number of nitrogens with two attached hydrogens (primary N) is 1. The summed E-state index contributed by atoms with van der Waals surface area (Å²) in [6.07, 6.45) is 0.684. The Kier molecular flexibility index (Phi) is 4.29. The monoisotopic (exact) mass is 234 g/mol. The number of benzene rings is 1. The van der Waals surface area contributed by atoms with Crippen LogP contribution in [0, 0.1) is 19.3 Å². The Morgan fingerprint density at radius 3 is 2.29 bits per heavy atom. The lowest BCUT2D eigenvalue weighted by Crippen LogP contribution is -2.33. The predicted octanol–water partition coefficient (Wildman–Crippen LogP) is 2.62. The largest absolute Gasteiger partial charge is 0.330 e.